The van der Waals surface area contributed by atoms with E-state index in [1.54, 1.807) is 18.2 Å². The molecule has 0 amide bonds. The van der Waals surface area contributed by atoms with Gasteiger partial charge in [-0.25, -0.2) is 4.98 Å². The average Bonchev–Trinajstić information content (AvgIpc) is 2.79. The van der Waals surface area contributed by atoms with Gasteiger partial charge in [0, 0.05) is 17.2 Å². The average molecular weight is 458 g/mol. The van der Waals surface area contributed by atoms with Crippen LogP contribution in [0.15, 0.2) is 64.5 Å². The Morgan fingerprint density at radius 1 is 1.12 bits per heavy atom. The monoisotopic (exact) mass is 457 g/mol. The maximum Gasteiger partial charge on any atom is 0.282 e. The summed E-state index contributed by atoms with van der Waals surface area (Å²) in [7, 11) is 0. The molecule has 0 aliphatic rings. The third-order valence-corrected chi connectivity index (χ3v) is 5.60. The van der Waals surface area contributed by atoms with Gasteiger partial charge >= 0.3 is 0 Å². The quantitative estimate of drug-likeness (QED) is 0.389. The highest BCUT2D eigenvalue weighted by Gasteiger charge is 2.18. The van der Waals surface area contributed by atoms with E-state index in [9.17, 15) is 15.0 Å². The summed E-state index contributed by atoms with van der Waals surface area (Å²) in [5.41, 5.74) is 3.27. The van der Waals surface area contributed by atoms with Crippen molar-refractivity contribution in [2.24, 2.45) is 5.10 Å². The number of aryl methyl sites for hydroxylation is 1. The van der Waals surface area contributed by atoms with Gasteiger partial charge in [0.15, 0.2) is 5.82 Å². The fourth-order valence-electron chi connectivity index (χ4n) is 3.84. The lowest BCUT2D eigenvalue weighted by molar-refractivity contribution is 0.335. The van der Waals surface area contributed by atoms with Crippen LogP contribution in [0.2, 0.25) is 0 Å². The molecule has 7 nitrogen and oxygen atoms in total. The molecule has 0 spiro atoms. The summed E-state index contributed by atoms with van der Waals surface area (Å²) in [4.78, 5) is 18.3. The minimum absolute atomic E-state index is 0.0638. The van der Waals surface area contributed by atoms with E-state index in [1.165, 1.54) is 29.1 Å². The third-order valence-electron chi connectivity index (χ3n) is 5.60. The second-order valence-corrected chi connectivity index (χ2v) is 8.35. The highest BCUT2D eigenvalue weighted by molar-refractivity contribution is 5.85. The van der Waals surface area contributed by atoms with Crippen LogP contribution in [0.3, 0.4) is 0 Å². The number of phenolic OH excluding ortho intramolecular Hbond substituents is 2. The Kier molecular flexibility index (Phi) is 6.36. The second-order valence-electron chi connectivity index (χ2n) is 8.35. The number of nitrogens with zero attached hydrogens (tertiary/aromatic N) is 3. The van der Waals surface area contributed by atoms with E-state index in [0.717, 1.165) is 22.4 Å². The first-order valence-corrected chi connectivity index (χ1v) is 11.2. The number of hydrogen-bond donors (Lipinski definition) is 2. The van der Waals surface area contributed by atoms with Crippen molar-refractivity contribution in [1.82, 2.24) is 9.66 Å². The Hall–Kier alpha value is -4.13. The normalized spacial score (nSPS) is 11.6. The van der Waals surface area contributed by atoms with Gasteiger partial charge in [0.2, 0.25) is 0 Å². The maximum atomic E-state index is 13.5. The largest absolute Gasteiger partial charge is 0.508 e. The van der Waals surface area contributed by atoms with Gasteiger partial charge in [-0.2, -0.15) is 9.78 Å². The van der Waals surface area contributed by atoms with Crippen LogP contribution in [-0.4, -0.2) is 32.7 Å². The summed E-state index contributed by atoms with van der Waals surface area (Å²) in [6, 6.07) is 15.3. The molecule has 3 aromatic carbocycles. The summed E-state index contributed by atoms with van der Waals surface area (Å²) in [5, 5.41) is 24.6. The summed E-state index contributed by atoms with van der Waals surface area (Å²) < 4.78 is 7.11. The lowest BCUT2D eigenvalue weighted by Gasteiger charge is -2.18. The first-order valence-electron chi connectivity index (χ1n) is 11.2. The molecule has 0 saturated carbocycles. The summed E-state index contributed by atoms with van der Waals surface area (Å²) in [5.74, 6) is 1.18. The van der Waals surface area contributed by atoms with Gasteiger partial charge in [-0.05, 0) is 67.3 Å². The first kappa shape index (κ1) is 23.0. The van der Waals surface area contributed by atoms with Crippen molar-refractivity contribution in [2.45, 2.75) is 33.6 Å². The van der Waals surface area contributed by atoms with Crippen molar-refractivity contribution in [3.05, 3.63) is 81.6 Å². The number of aromatic hydroxyl groups is 2. The zero-order chi connectivity index (χ0) is 24.4. The van der Waals surface area contributed by atoms with Crippen LogP contribution in [0, 0.1) is 6.92 Å². The third kappa shape index (κ3) is 4.37. The van der Waals surface area contributed by atoms with E-state index in [0.29, 0.717) is 28.9 Å². The standard InChI is InChI=1S/C27H27N3O4/c1-5-34-25-12-17(4)22(14-21(25)16(2)3)26-29-23-9-7-6-8-20(23)27(33)30(26)28-15-18-10-11-19(31)13-24(18)32/h6-16,31-32H,5H2,1-4H3. The van der Waals surface area contributed by atoms with Crippen molar-refractivity contribution >= 4 is 17.1 Å². The molecule has 4 aromatic rings. The van der Waals surface area contributed by atoms with Crippen molar-refractivity contribution in [3.8, 4) is 28.6 Å². The minimum atomic E-state index is -0.325. The predicted molar refractivity (Wildman–Crippen MR) is 134 cm³/mol. The zero-order valence-electron chi connectivity index (χ0n) is 19.6. The fourth-order valence-corrected chi connectivity index (χ4v) is 3.84. The topological polar surface area (TPSA) is 96.9 Å². The number of phenols is 2. The lowest BCUT2D eigenvalue weighted by atomic mass is 9.96. The van der Waals surface area contributed by atoms with Crippen LogP contribution >= 0.6 is 0 Å². The number of ether oxygens (including phenoxy) is 1. The van der Waals surface area contributed by atoms with Gasteiger partial charge in [0.1, 0.15) is 17.2 Å². The molecule has 0 atom stereocenters. The van der Waals surface area contributed by atoms with Gasteiger partial charge in [-0.15, -0.1) is 0 Å². The van der Waals surface area contributed by atoms with Crippen LogP contribution in [0.4, 0.5) is 0 Å². The minimum Gasteiger partial charge on any atom is -0.508 e. The van der Waals surface area contributed by atoms with E-state index >= 15 is 0 Å². The number of benzene rings is 3. The Labute approximate surface area is 197 Å². The van der Waals surface area contributed by atoms with Crippen LogP contribution < -0.4 is 10.3 Å². The Morgan fingerprint density at radius 2 is 1.88 bits per heavy atom. The van der Waals surface area contributed by atoms with Gasteiger partial charge < -0.3 is 14.9 Å². The van der Waals surface area contributed by atoms with Gasteiger partial charge in [0.25, 0.3) is 5.56 Å². The van der Waals surface area contributed by atoms with E-state index in [2.05, 4.69) is 18.9 Å². The highest BCUT2D eigenvalue weighted by atomic mass is 16.5. The molecule has 0 bridgehead atoms. The Morgan fingerprint density at radius 3 is 2.59 bits per heavy atom. The number of aromatic nitrogens is 2. The van der Waals surface area contributed by atoms with E-state index in [1.807, 2.05) is 32.0 Å². The molecule has 34 heavy (non-hydrogen) atoms. The van der Waals surface area contributed by atoms with E-state index < -0.39 is 0 Å². The predicted octanol–water partition coefficient (Wildman–Crippen LogP) is 5.19. The van der Waals surface area contributed by atoms with E-state index in [-0.39, 0.29) is 23.0 Å². The summed E-state index contributed by atoms with van der Waals surface area (Å²) >= 11 is 0. The molecule has 2 N–H and O–H groups in total. The summed E-state index contributed by atoms with van der Waals surface area (Å²) in [6.07, 6.45) is 1.38. The SMILES string of the molecule is CCOc1cc(C)c(-c2nc3ccccc3c(=O)n2N=Cc2ccc(O)cc2O)cc1C(C)C. The first-order chi connectivity index (χ1) is 16.3. The van der Waals surface area contributed by atoms with Crippen molar-refractivity contribution in [1.29, 1.82) is 0 Å². The number of fused-ring (bicyclic) bond motifs is 1. The molecule has 0 radical (unpaired) electrons. The van der Waals surface area contributed by atoms with Crippen LogP contribution in [0.5, 0.6) is 17.2 Å². The van der Waals surface area contributed by atoms with Crippen molar-refractivity contribution < 1.29 is 14.9 Å². The van der Waals surface area contributed by atoms with Gasteiger partial charge in [0.05, 0.1) is 23.7 Å². The number of hydrogen-bond acceptors (Lipinski definition) is 6. The Bertz CT molecular complexity index is 1450. The molecular formula is C27H27N3O4. The second kappa shape index (κ2) is 9.39. The highest BCUT2D eigenvalue weighted by Crippen LogP contribution is 2.34. The molecule has 174 valence electrons. The molecule has 0 aliphatic heterocycles. The van der Waals surface area contributed by atoms with Crippen LogP contribution in [-0.2, 0) is 0 Å². The van der Waals surface area contributed by atoms with Gasteiger partial charge in [-0.1, -0.05) is 26.0 Å². The van der Waals surface area contributed by atoms with Crippen molar-refractivity contribution in [2.75, 3.05) is 6.61 Å². The fraction of sp³-hybridized carbons (Fsp3) is 0.222. The molecule has 0 fully saturated rings. The number of para-hydroxylation sites is 1. The number of rotatable bonds is 6. The molecule has 7 heteroatoms. The maximum absolute atomic E-state index is 13.5. The van der Waals surface area contributed by atoms with Crippen molar-refractivity contribution in [3.63, 3.8) is 0 Å². The van der Waals surface area contributed by atoms with Crippen LogP contribution in [0.1, 0.15) is 43.4 Å². The van der Waals surface area contributed by atoms with Crippen LogP contribution in [0.25, 0.3) is 22.3 Å². The molecule has 0 saturated heterocycles. The molecule has 0 unspecified atom stereocenters. The molecule has 1 aromatic heterocycles. The smallest absolute Gasteiger partial charge is 0.282 e. The molecule has 1 heterocycles. The molecular weight excluding hydrogens is 430 g/mol. The lowest BCUT2D eigenvalue weighted by Crippen LogP contribution is -2.20. The van der Waals surface area contributed by atoms with E-state index in [4.69, 9.17) is 9.72 Å². The van der Waals surface area contributed by atoms with Gasteiger partial charge in [-0.3, -0.25) is 4.79 Å². The molecule has 0 aliphatic carbocycles. The zero-order valence-corrected chi connectivity index (χ0v) is 19.6. The molecule has 4 rings (SSSR count). The Balaban J connectivity index is 1.98. The summed E-state index contributed by atoms with van der Waals surface area (Å²) in [6.45, 7) is 8.62.